The van der Waals surface area contributed by atoms with Crippen LogP contribution in [0.1, 0.15) is 75.9 Å². The molecule has 0 atom stereocenters. The maximum atomic E-state index is 15.1. The van der Waals surface area contributed by atoms with Crippen LogP contribution in [-0.2, 0) is 0 Å². The van der Waals surface area contributed by atoms with Gasteiger partial charge in [0.05, 0.1) is 57.1 Å². The highest BCUT2D eigenvalue weighted by Gasteiger charge is 2.26. The van der Waals surface area contributed by atoms with E-state index in [9.17, 15) is 29.5 Å². The third-order valence-electron chi connectivity index (χ3n) is 12.1. The molecule has 23 heteroatoms. The summed E-state index contributed by atoms with van der Waals surface area (Å²) in [5, 5.41) is 65.9. The zero-order chi connectivity index (χ0) is 54.9. The molecule has 3 N–H and O–H groups in total. The SMILES string of the molecule is CC(C)(O)COc1cc(-c2ccc(F)nc2)c2c(C#N)cnn2c1F.Cc1ccc(OC2CCN(c3ccc(-c4cc(OCC(C)(C)O)c(F)n5ncc(C#N)c45)cn3)CC2)nn1.Cc1ccc(OC2CCNCC2)nn1. The van der Waals surface area contributed by atoms with E-state index in [0.29, 0.717) is 45.6 Å². The molecule has 2 aliphatic heterocycles. The van der Waals surface area contributed by atoms with Crippen molar-refractivity contribution >= 4 is 16.9 Å². The van der Waals surface area contributed by atoms with E-state index in [0.717, 1.165) is 84.2 Å². The Morgan fingerprint density at radius 3 is 1.49 bits per heavy atom. The first kappa shape index (κ1) is 54.7. The minimum absolute atomic E-state index is 0.0589. The van der Waals surface area contributed by atoms with Crippen LogP contribution in [0.5, 0.6) is 23.3 Å². The van der Waals surface area contributed by atoms with Gasteiger partial charge in [0.15, 0.2) is 11.5 Å². The second-order valence-electron chi connectivity index (χ2n) is 19.7. The fourth-order valence-electron chi connectivity index (χ4n) is 8.18. The molecule has 2 saturated heterocycles. The quantitative estimate of drug-likeness (QED) is 0.0957. The number of nitriles is 2. The van der Waals surface area contributed by atoms with Crippen LogP contribution in [0.15, 0.2) is 85.5 Å². The lowest BCUT2D eigenvalue weighted by molar-refractivity contribution is 0.0264. The standard InChI is InChI=1S/C27H28FN7O3.C17H14F2N4O2.C10H15N3O/c1-17-4-7-24(33-32-17)38-20-8-10-34(11-9-20)23-6-5-18(14-30-23)21-12-22(37-16-27(2,3)36)26(28)35-25(21)19(13-29)15-31-35;1-17(2,24)9-25-13-5-12(10-3-4-14(18)21-7-10)15-11(6-20)8-22-23(15)16(13)19;1-8-2-3-10(13-12-8)14-9-4-6-11-7-5-9/h4-7,12,14-15,20,36H,8-11,16H2,1-3H3;3-5,7-8,24H,9H2,1-2H3;2-3,9,11H,4-7H2,1H3. The average Bonchev–Trinajstić information content (AvgIpc) is 4.07. The Morgan fingerprint density at radius 1 is 0.623 bits per heavy atom. The van der Waals surface area contributed by atoms with Crippen LogP contribution >= 0.6 is 0 Å². The van der Waals surface area contributed by atoms with E-state index in [1.54, 1.807) is 20.0 Å². The van der Waals surface area contributed by atoms with E-state index in [2.05, 4.69) is 56.8 Å². The number of anilines is 1. The van der Waals surface area contributed by atoms with Crippen molar-refractivity contribution in [3.8, 4) is 57.7 Å². The van der Waals surface area contributed by atoms with Gasteiger partial charge in [-0.1, -0.05) is 0 Å². The van der Waals surface area contributed by atoms with E-state index < -0.39 is 29.0 Å². The number of fused-ring (bicyclic) bond motifs is 2. The first-order valence-electron chi connectivity index (χ1n) is 24.8. The molecule has 8 aromatic heterocycles. The maximum absolute atomic E-state index is 15.1. The molecule has 0 amide bonds. The number of aromatic nitrogens is 10. The molecule has 2 fully saturated rings. The van der Waals surface area contributed by atoms with E-state index in [4.69, 9.17) is 18.9 Å². The van der Waals surface area contributed by atoms with Gasteiger partial charge in [0, 0.05) is 72.7 Å². The molecule has 8 aromatic rings. The summed E-state index contributed by atoms with van der Waals surface area (Å²) in [6, 6.07) is 20.8. The Bertz CT molecular complexity index is 3360. The highest BCUT2D eigenvalue weighted by atomic mass is 19.1. The largest absolute Gasteiger partial charge is 0.486 e. The van der Waals surface area contributed by atoms with Crippen molar-refractivity contribution in [3.05, 3.63) is 126 Å². The number of ether oxygens (including phenoxy) is 4. The summed E-state index contributed by atoms with van der Waals surface area (Å²) in [6.07, 6.45) is 9.62. The molecule has 0 radical (unpaired) electrons. The summed E-state index contributed by atoms with van der Waals surface area (Å²) in [6.45, 7) is 13.3. The molecule has 10 heterocycles. The number of hydrogen-bond donors (Lipinski definition) is 3. The normalized spacial score (nSPS) is 14.2. The van der Waals surface area contributed by atoms with E-state index in [-0.39, 0.29) is 47.5 Å². The molecule has 0 spiro atoms. The second-order valence-corrected chi connectivity index (χ2v) is 19.7. The summed E-state index contributed by atoms with van der Waals surface area (Å²) < 4.78 is 67.5. The van der Waals surface area contributed by atoms with Crippen molar-refractivity contribution in [3.63, 3.8) is 0 Å². The van der Waals surface area contributed by atoms with E-state index in [1.807, 2.05) is 56.3 Å². The highest BCUT2D eigenvalue weighted by molar-refractivity contribution is 5.86. The maximum Gasteiger partial charge on any atom is 0.257 e. The van der Waals surface area contributed by atoms with Gasteiger partial charge in [0.25, 0.3) is 11.9 Å². The Labute approximate surface area is 441 Å². The minimum Gasteiger partial charge on any atom is -0.486 e. The number of rotatable bonds is 13. The number of hydrogen-bond acceptors (Lipinski definition) is 18. The third kappa shape index (κ3) is 14.1. The fourth-order valence-corrected chi connectivity index (χ4v) is 8.18. The monoisotopic (exact) mass is 1050 g/mol. The number of halogens is 3. The van der Waals surface area contributed by atoms with Gasteiger partial charge in [-0.15, -0.1) is 10.2 Å². The number of nitrogens with one attached hydrogen (secondary N) is 1. The summed E-state index contributed by atoms with van der Waals surface area (Å²) in [5.41, 5.74) is 2.50. The smallest absolute Gasteiger partial charge is 0.257 e. The molecular weight excluding hydrogens is 998 g/mol. The first-order chi connectivity index (χ1) is 36.9. The van der Waals surface area contributed by atoms with Crippen molar-refractivity contribution in [2.45, 2.75) is 90.6 Å². The molecular formula is C54H57F3N14O6. The molecule has 0 bridgehead atoms. The predicted molar refractivity (Wildman–Crippen MR) is 276 cm³/mol. The molecule has 77 heavy (non-hydrogen) atoms. The minimum atomic E-state index is -1.17. The Balaban J connectivity index is 0.000000171. The molecule has 400 valence electrons. The fraction of sp³-hybridized carbons (Fsp3) is 0.370. The Kier molecular flexibility index (Phi) is 17.1. The summed E-state index contributed by atoms with van der Waals surface area (Å²) in [4.78, 5) is 10.4. The zero-order valence-electron chi connectivity index (χ0n) is 43.3. The highest BCUT2D eigenvalue weighted by Crippen LogP contribution is 2.35. The van der Waals surface area contributed by atoms with Crippen LogP contribution in [0, 0.1) is 54.4 Å². The molecule has 0 aliphatic carbocycles. The van der Waals surface area contributed by atoms with Crippen molar-refractivity contribution in [1.82, 2.24) is 54.9 Å². The van der Waals surface area contributed by atoms with Gasteiger partial charge in [-0.2, -0.15) is 44.1 Å². The van der Waals surface area contributed by atoms with Gasteiger partial charge in [0.2, 0.25) is 17.7 Å². The Hall–Kier alpha value is -8.51. The number of aryl methyl sites for hydroxylation is 2. The summed E-state index contributed by atoms with van der Waals surface area (Å²) in [5.74, 6) is -0.456. The van der Waals surface area contributed by atoms with Crippen LogP contribution in [-0.4, -0.2) is 123 Å². The average molecular weight is 1060 g/mol. The van der Waals surface area contributed by atoms with Crippen LogP contribution < -0.4 is 29.2 Å². The lowest BCUT2D eigenvalue weighted by Gasteiger charge is -2.32. The van der Waals surface area contributed by atoms with Gasteiger partial charge >= 0.3 is 0 Å². The van der Waals surface area contributed by atoms with E-state index >= 15 is 4.39 Å². The number of aliphatic hydroxyl groups is 2. The van der Waals surface area contributed by atoms with Crippen LogP contribution in [0.25, 0.3) is 33.3 Å². The lowest BCUT2D eigenvalue weighted by Crippen LogP contribution is -2.38. The van der Waals surface area contributed by atoms with Gasteiger partial charge in [-0.3, -0.25) is 0 Å². The predicted octanol–water partition coefficient (Wildman–Crippen LogP) is 7.31. The van der Waals surface area contributed by atoms with Crippen LogP contribution in [0.4, 0.5) is 19.0 Å². The summed E-state index contributed by atoms with van der Waals surface area (Å²) >= 11 is 0. The topological polar surface area (TPSA) is 252 Å². The first-order valence-corrected chi connectivity index (χ1v) is 24.8. The van der Waals surface area contributed by atoms with Crippen molar-refractivity contribution in [2.75, 3.05) is 44.3 Å². The van der Waals surface area contributed by atoms with Gasteiger partial charge in [-0.05, 0) is 116 Å². The number of nitrogens with zero attached hydrogens (tertiary/aromatic N) is 13. The van der Waals surface area contributed by atoms with Gasteiger partial charge < -0.3 is 39.4 Å². The van der Waals surface area contributed by atoms with Crippen LogP contribution in [0.3, 0.4) is 0 Å². The third-order valence-corrected chi connectivity index (χ3v) is 12.1. The number of piperidine rings is 2. The van der Waals surface area contributed by atoms with Gasteiger partial charge in [0.1, 0.15) is 43.4 Å². The lowest BCUT2D eigenvalue weighted by atomic mass is 10.0. The van der Waals surface area contributed by atoms with E-state index in [1.165, 1.54) is 50.6 Å². The molecule has 2 aliphatic rings. The van der Waals surface area contributed by atoms with Crippen molar-refractivity contribution in [1.29, 1.82) is 10.5 Å². The van der Waals surface area contributed by atoms with Crippen molar-refractivity contribution < 1.29 is 42.3 Å². The van der Waals surface area contributed by atoms with Crippen molar-refractivity contribution in [2.24, 2.45) is 0 Å². The summed E-state index contributed by atoms with van der Waals surface area (Å²) in [7, 11) is 0. The van der Waals surface area contributed by atoms with Crippen LogP contribution in [0.2, 0.25) is 0 Å². The second kappa shape index (κ2) is 24.0. The molecule has 0 unspecified atom stereocenters. The molecule has 10 rings (SSSR count). The molecule has 20 nitrogen and oxygen atoms in total. The van der Waals surface area contributed by atoms with Gasteiger partial charge in [-0.25, -0.2) is 19.0 Å². The Morgan fingerprint density at radius 2 is 1.09 bits per heavy atom. The number of pyridine rings is 4. The zero-order valence-corrected chi connectivity index (χ0v) is 43.3. The molecule has 0 saturated carbocycles. The molecule has 0 aromatic carbocycles.